The Labute approximate surface area is 96.6 Å². The van der Waals surface area contributed by atoms with Gasteiger partial charge in [0.05, 0.1) is 0 Å². The quantitative estimate of drug-likeness (QED) is 0.654. The first kappa shape index (κ1) is 11.8. The highest BCUT2D eigenvalue weighted by molar-refractivity contribution is 6.31. The molecule has 0 aliphatic heterocycles. The van der Waals surface area contributed by atoms with Crippen LogP contribution in [-0.4, -0.2) is 0 Å². The Morgan fingerprint density at radius 2 is 2.13 bits per heavy atom. The molecule has 78 valence electrons. The second kappa shape index (κ2) is 5.57. The Bertz CT molecular complexity index is 400. The topological polar surface area (TPSA) is 0 Å². The fraction of sp³-hybridized carbons (Fsp3) is 0.143. The standard InChI is InChI=1S/C14H15Cl/c1-4-6-12(5-2)10-13-7-8-14(15)11(3)9-13/h4-9H,1-2,10H2,3H3/b12-6+. The highest BCUT2D eigenvalue weighted by Crippen LogP contribution is 2.18. The summed E-state index contributed by atoms with van der Waals surface area (Å²) in [6, 6.07) is 6.07. The van der Waals surface area contributed by atoms with Gasteiger partial charge in [-0.25, -0.2) is 0 Å². The molecule has 0 heterocycles. The molecule has 0 saturated carbocycles. The molecule has 0 fully saturated rings. The van der Waals surface area contributed by atoms with Crippen molar-refractivity contribution in [3.05, 3.63) is 71.3 Å². The van der Waals surface area contributed by atoms with Crippen LogP contribution in [-0.2, 0) is 6.42 Å². The van der Waals surface area contributed by atoms with Crippen LogP contribution in [0, 0.1) is 6.92 Å². The molecule has 1 heteroatoms. The summed E-state index contributed by atoms with van der Waals surface area (Å²) in [6.45, 7) is 9.46. The molecule has 0 aliphatic rings. The molecule has 1 aromatic rings. The summed E-state index contributed by atoms with van der Waals surface area (Å²) >= 11 is 5.96. The van der Waals surface area contributed by atoms with Crippen molar-refractivity contribution < 1.29 is 0 Å². The second-order valence-corrected chi connectivity index (χ2v) is 3.85. The first-order chi connectivity index (χ1) is 7.17. The van der Waals surface area contributed by atoms with Crippen LogP contribution in [0.15, 0.2) is 55.2 Å². The van der Waals surface area contributed by atoms with Crippen molar-refractivity contribution in [1.82, 2.24) is 0 Å². The van der Waals surface area contributed by atoms with Crippen LogP contribution in [0.5, 0.6) is 0 Å². The fourth-order valence-electron chi connectivity index (χ4n) is 1.40. The lowest BCUT2D eigenvalue weighted by molar-refractivity contribution is 1.19. The van der Waals surface area contributed by atoms with E-state index in [0.717, 1.165) is 22.6 Å². The lowest BCUT2D eigenvalue weighted by atomic mass is 10.0. The molecule has 0 bridgehead atoms. The zero-order valence-electron chi connectivity index (χ0n) is 8.96. The van der Waals surface area contributed by atoms with Gasteiger partial charge in [0.15, 0.2) is 0 Å². The number of halogens is 1. The average molecular weight is 219 g/mol. The maximum absolute atomic E-state index is 5.96. The molecule has 0 radical (unpaired) electrons. The predicted molar refractivity (Wildman–Crippen MR) is 68.4 cm³/mol. The maximum Gasteiger partial charge on any atom is 0.0435 e. The minimum Gasteiger partial charge on any atom is -0.0991 e. The maximum atomic E-state index is 5.96. The summed E-state index contributed by atoms with van der Waals surface area (Å²) < 4.78 is 0. The zero-order valence-corrected chi connectivity index (χ0v) is 9.72. The third-order valence-corrected chi connectivity index (χ3v) is 2.65. The second-order valence-electron chi connectivity index (χ2n) is 3.44. The summed E-state index contributed by atoms with van der Waals surface area (Å²) in [5.41, 5.74) is 3.51. The molecule has 0 unspecified atom stereocenters. The molecule has 0 aliphatic carbocycles. The Balaban J connectivity index is 2.89. The van der Waals surface area contributed by atoms with E-state index in [-0.39, 0.29) is 0 Å². The van der Waals surface area contributed by atoms with Crippen molar-refractivity contribution in [2.24, 2.45) is 0 Å². The van der Waals surface area contributed by atoms with Crippen molar-refractivity contribution in [3.8, 4) is 0 Å². The van der Waals surface area contributed by atoms with Gasteiger partial charge in [0.1, 0.15) is 0 Å². The van der Waals surface area contributed by atoms with E-state index in [0.29, 0.717) is 0 Å². The Morgan fingerprint density at radius 1 is 1.40 bits per heavy atom. The number of hydrogen-bond acceptors (Lipinski definition) is 0. The van der Waals surface area contributed by atoms with E-state index in [1.807, 2.05) is 31.2 Å². The van der Waals surface area contributed by atoms with Crippen LogP contribution in [0.25, 0.3) is 0 Å². The van der Waals surface area contributed by atoms with Gasteiger partial charge < -0.3 is 0 Å². The Hall–Kier alpha value is -1.27. The molecule has 1 aromatic carbocycles. The van der Waals surface area contributed by atoms with Crippen molar-refractivity contribution in [2.75, 3.05) is 0 Å². The van der Waals surface area contributed by atoms with Crippen LogP contribution in [0.3, 0.4) is 0 Å². The van der Waals surface area contributed by atoms with Gasteiger partial charge in [-0.05, 0) is 36.1 Å². The van der Waals surface area contributed by atoms with Gasteiger partial charge in [-0.15, -0.1) is 0 Å². The van der Waals surface area contributed by atoms with Gasteiger partial charge in [0, 0.05) is 5.02 Å². The van der Waals surface area contributed by atoms with Gasteiger partial charge in [-0.1, -0.05) is 55.1 Å². The minimum absolute atomic E-state index is 0.812. The summed E-state index contributed by atoms with van der Waals surface area (Å²) in [6.07, 6.45) is 6.47. The van der Waals surface area contributed by atoms with Crippen LogP contribution in [0.1, 0.15) is 11.1 Å². The van der Waals surface area contributed by atoms with E-state index in [1.165, 1.54) is 5.56 Å². The first-order valence-electron chi connectivity index (χ1n) is 4.86. The SMILES string of the molecule is C=C/C=C(\C=C)Cc1ccc(Cl)c(C)c1. The third kappa shape index (κ3) is 3.41. The number of allylic oxidation sites excluding steroid dienone is 4. The van der Waals surface area contributed by atoms with Crippen molar-refractivity contribution >= 4 is 11.6 Å². The van der Waals surface area contributed by atoms with Gasteiger partial charge in [-0.3, -0.25) is 0 Å². The van der Waals surface area contributed by atoms with Gasteiger partial charge in [0.25, 0.3) is 0 Å². The monoisotopic (exact) mass is 218 g/mol. The molecule has 1 rings (SSSR count). The lowest BCUT2D eigenvalue weighted by Crippen LogP contribution is -1.88. The number of aryl methyl sites for hydroxylation is 1. The van der Waals surface area contributed by atoms with Crippen LogP contribution < -0.4 is 0 Å². The molecular weight excluding hydrogens is 204 g/mol. The number of rotatable bonds is 4. The van der Waals surface area contributed by atoms with E-state index in [2.05, 4.69) is 19.2 Å². The van der Waals surface area contributed by atoms with E-state index >= 15 is 0 Å². The van der Waals surface area contributed by atoms with Gasteiger partial charge >= 0.3 is 0 Å². The summed E-state index contributed by atoms with van der Waals surface area (Å²) in [4.78, 5) is 0. The molecule has 0 spiro atoms. The normalized spacial score (nSPS) is 11.2. The number of hydrogen-bond donors (Lipinski definition) is 0. The predicted octanol–water partition coefficient (Wildman–Crippen LogP) is 4.49. The molecule has 0 saturated heterocycles. The summed E-state index contributed by atoms with van der Waals surface area (Å²) in [5, 5.41) is 0.812. The van der Waals surface area contributed by atoms with Crippen LogP contribution in [0.2, 0.25) is 5.02 Å². The van der Waals surface area contributed by atoms with Gasteiger partial charge in [0.2, 0.25) is 0 Å². The van der Waals surface area contributed by atoms with Crippen molar-refractivity contribution in [1.29, 1.82) is 0 Å². The number of benzene rings is 1. The minimum atomic E-state index is 0.812. The van der Waals surface area contributed by atoms with E-state index < -0.39 is 0 Å². The third-order valence-electron chi connectivity index (χ3n) is 2.22. The Kier molecular flexibility index (Phi) is 4.38. The van der Waals surface area contributed by atoms with Crippen molar-refractivity contribution in [2.45, 2.75) is 13.3 Å². The molecule has 0 N–H and O–H groups in total. The summed E-state index contributed by atoms with van der Waals surface area (Å²) in [5.74, 6) is 0. The molecule has 0 atom stereocenters. The van der Waals surface area contributed by atoms with Gasteiger partial charge in [-0.2, -0.15) is 0 Å². The largest absolute Gasteiger partial charge is 0.0991 e. The average Bonchev–Trinajstić information content (AvgIpc) is 2.23. The molecule has 0 amide bonds. The lowest BCUT2D eigenvalue weighted by Gasteiger charge is -2.04. The smallest absolute Gasteiger partial charge is 0.0435 e. The summed E-state index contributed by atoms with van der Waals surface area (Å²) in [7, 11) is 0. The van der Waals surface area contributed by atoms with Crippen LogP contribution in [0.4, 0.5) is 0 Å². The first-order valence-corrected chi connectivity index (χ1v) is 5.24. The molecular formula is C14H15Cl. The fourth-order valence-corrected chi connectivity index (χ4v) is 1.52. The van der Waals surface area contributed by atoms with E-state index in [1.54, 1.807) is 6.08 Å². The van der Waals surface area contributed by atoms with E-state index in [9.17, 15) is 0 Å². The Morgan fingerprint density at radius 3 is 2.67 bits per heavy atom. The molecule has 15 heavy (non-hydrogen) atoms. The molecule has 0 nitrogen and oxygen atoms in total. The molecule has 0 aromatic heterocycles. The van der Waals surface area contributed by atoms with E-state index in [4.69, 9.17) is 11.6 Å². The highest BCUT2D eigenvalue weighted by atomic mass is 35.5. The highest BCUT2D eigenvalue weighted by Gasteiger charge is 1.99. The van der Waals surface area contributed by atoms with Crippen LogP contribution >= 0.6 is 11.6 Å². The van der Waals surface area contributed by atoms with Crippen molar-refractivity contribution in [3.63, 3.8) is 0 Å². The zero-order chi connectivity index (χ0) is 11.3.